The summed E-state index contributed by atoms with van der Waals surface area (Å²) in [5.41, 5.74) is 3.49. The minimum Gasteiger partial charge on any atom is -0.445 e. The zero-order chi connectivity index (χ0) is 21.4. The van der Waals surface area contributed by atoms with Crippen LogP contribution in [0.3, 0.4) is 0 Å². The maximum absolute atomic E-state index is 13.0. The molecule has 0 saturated carbocycles. The zero-order valence-corrected chi connectivity index (χ0v) is 16.7. The molecule has 1 aliphatic carbocycles. The van der Waals surface area contributed by atoms with Gasteiger partial charge in [-0.25, -0.2) is 4.79 Å². The van der Waals surface area contributed by atoms with E-state index in [4.69, 9.17) is 4.74 Å². The Morgan fingerprint density at radius 1 is 0.839 bits per heavy atom. The van der Waals surface area contributed by atoms with E-state index in [0.29, 0.717) is 17.5 Å². The molecule has 0 saturated heterocycles. The molecule has 6 nitrogen and oxygen atoms in total. The number of alkyl carbamates (subject to hydrolysis) is 1. The summed E-state index contributed by atoms with van der Waals surface area (Å²) in [5.74, 6) is -0.597. The van der Waals surface area contributed by atoms with Crippen molar-refractivity contribution in [3.8, 4) is 0 Å². The van der Waals surface area contributed by atoms with E-state index in [0.717, 1.165) is 16.7 Å². The third kappa shape index (κ3) is 3.36. The second kappa shape index (κ2) is 7.72. The number of carbonyl (C=O) groups is 3. The van der Waals surface area contributed by atoms with Crippen LogP contribution in [0.4, 0.5) is 4.79 Å². The summed E-state index contributed by atoms with van der Waals surface area (Å²) in [6.07, 6.45) is -0.128. The number of hydrogen-bond donors (Lipinski definition) is 1. The molecule has 1 aliphatic heterocycles. The first-order chi connectivity index (χ1) is 15.1. The number of fused-ring (bicyclic) bond motifs is 2. The lowest BCUT2D eigenvalue weighted by atomic mass is 10.1. The predicted octanol–water partition coefficient (Wildman–Crippen LogP) is 4.40. The van der Waals surface area contributed by atoms with Crippen LogP contribution in [0.25, 0.3) is 0 Å². The number of amides is 3. The Hall–Kier alpha value is -3.93. The first-order valence-electron chi connectivity index (χ1n) is 10.2. The van der Waals surface area contributed by atoms with E-state index >= 15 is 0 Å². The highest BCUT2D eigenvalue weighted by Gasteiger charge is 2.45. The van der Waals surface area contributed by atoms with Crippen LogP contribution in [0.15, 0.2) is 78.9 Å². The van der Waals surface area contributed by atoms with Gasteiger partial charge in [0.1, 0.15) is 6.61 Å². The molecule has 1 heterocycles. The van der Waals surface area contributed by atoms with E-state index < -0.39 is 12.1 Å². The third-order valence-corrected chi connectivity index (χ3v) is 5.83. The summed E-state index contributed by atoms with van der Waals surface area (Å²) >= 11 is 0. The summed E-state index contributed by atoms with van der Waals surface area (Å²) < 4.78 is 5.36. The Balaban J connectivity index is 1.35. The van der Waals surface area contributed by atoms with Crippen molar-refractivity contribution < 1.29 is 19.1 Å². The summed E-state index contributed by atoms with van der Waals surface area (Å²) in [4.78, 5) is 39.7. The van der Waals surface area contributed by atoms with Crippen molar-refractivity contribution in [3.63, 3.8) is 0 Å². The van der Waals surface area contributed by atoms with Gasteiger partial charge < -0.3 is 10.1 Å². The number of nitrogens with zero attached hydrogens (tertiary/aromatic N) is 1. The highest BCUT2D eigenvalue weighted by molar-refractivity contribution is 6.21. The number of rotatable bonds is 4. The predicted molar refractivity (Wildman–Crippen MR) is 113 cm³/mol. The first-order valence-corrected chi connectivity index (χ1v) is 10.2. The summed E-state index contributed by atoms with van der Waals surface area (Å²) in [6.45, 7) is 0.170. The van der Waals surface area contributed by atoms with Crippen LogP contribution in [0.5, 0.6) is 0 Å². The Morgan fingerprint density at radius 2 is 1.42 bits per heavy atom. The number of imide groups is 1. The molecular weight excluding hydrogens is 392 g/mol. The largest absolute Gasteiger partial charge is 0.445 e. The maximum Gasteiger partial charge on any atom is 0.407 e. The highest BCUT2D eigenvalue weighted by Crippen LogP contribution is 2.44. The van der Waals surface area contributed by atoms with Gasteiger partial charge in [0.15, 0.2) is 0 Å². The van der Waals surface area contributed by atoms with E-state index in [1.807, 2.05) is 54.6 Å². The van der Waals surface area contributed by atoms with E-state index in [9.17, 15) is 14.4 Å². The Kier molecular flexibility index (Phi) is 4.75. The third-order valence-electron chi connectivity index (χ3n) is 5.83. The molecule has 31 heavy (non-hydrogen) atoms. The van der Waals surface area contributed by atoms with Crippen molar-refractivity contribution in [2.45, 2.75) is 25.1 Å². The maximum atomic E-state index is 13.0. The molecule has 0 aromatic heterocycles. The van der Waals surface area contributed by atoms with Crippen LogP contribution in [-0.4, -0.2) is 22.8 Å². The fourth-order valence-electron chi connectivity index (χ4n) is 4.39. The van der Waals surface area contributed by atoms with Gasteiger partial charge >= 0.3 is 6.09 Å². The van der Waals surface area contributed by atoms with Crippen molar-refractivity contribution in [2.24, 2.45) is 0 Å². The van der Waals surface area contributed by atoms with Crippen LogP contribution >= 0.6 is 0 Å². The van der Waals surface area contributed by atoms with Crippen LogP contribution in [0.2, 0.25) is 0 Å². The lowest BCUT2D eigenvalue weighted by Crippen LogP contribution is -2.34. The number of hydrogen-bond acceptors (Lipinski definition) is 4. The standard InChI is InChI=1S/C25H20N2O4/c28-23-19-12-6-7-13-20(19)24(29)27(23)22-14-21(17-10-4-5-11-18(17)22)26-25(30)31-15-16-8-2-1-3-9-16/h1-13,21-22H,14-15H2,(H,26,30)/t21-,22-/m1/s1. The van der Waals surface area contributed by atoms with Gasteiger partial charge in [0.25, 0.3) is 11.8 Å². The van der Waals surface area contributed by atoms with Gasteiger partial charge in [0.05, 0.1) is 23.2 Å². The molecular formula is C25H20N2O4. The molecule has 0 unspecified atom stereocenters. The van der Waals surface area contributed by atoms with Gasteiger partial charge in [0.2, 0.25) is 0 Å². The molecule has 0 radical (unpaired) electrons. The minimum atomic E-state index is -0.535. The average molecular weight is 412 g/mol. The molecule has 154 valence electrons. The lowest BCUT2D eigenvalue weighted by Gasteiger charge is -2.23. The number of benzene rings is 3. The SMILES string of the molecule is O=C(N[C@@H]1C[C@@H](N2C(=O)c3ccccc3C2=O)c2ccccc21)OCc1ccccc1. The van der Waals surface area contributed by atoms with E-state index in [2.05, 4.69) is 5.32 Å². The Bertz CT molecular complexity index is 1140. The molecule has 3 aromatic rings. The normalized spacial score (nSPS) is 19.2. The molecule has 6 heteroatoms. The van der Waals surface area contributed by atoms with E-state index in [1.54, 1.807) is 24.3 Å². The summed E-state index contributed by atoms with van der Waals surface area (Å²) in [5, 5.41) is 2.90. The second-order valence-electron chi connectivity index (χ2n) is 7.66. The zero-order valence-electron chi connectivity index (χ0n) is 16.7. The molecule has 2 atom stereocenters. The highest BCUT2D eigenvalue weighted by atomic mass is 16.5. The minimum absolute atomic E-state index is 0.170. The fourth-order valence-corrected chi connectivity index (χ4v) is 4.39. The van der Waals surface area contributed by atoms with Crippen LogP contribution in [0.1, 0.15) is 55.9 Å². The monoisotopic (exact) mass is 412 g/mol. The number of carbonyl (C=O) groups excluding carboxylic acids is 3. The number of ether oxygens (including phenoxy) is 1. The lowest BCUT2D eigenvalue weighted by molar-refractivity contribution is 0.0577. The first kappa shape index (κ1) is 19.1. The van der Waals surface area contributed by atoms with Crippen molar-refractivity contribution >= 4 is 17.9 Å². The number of nitrogens with one attached hydrogen (secondary N) is 1. The average Bonchev–Trinajstić information content (AvgIpc) is 3.28. The van der Waals surface area contributed by atoms with Gasteiger partial charge in [-0.2, -0.15) is 0 Å². The van der Waals surface area contributed by atoms with Gasteiger partial charge in [-0.05, 0) is 35.2 Å². The molecule has 0 spiro atoms. The van der Waals surface area contributed by atoms with E-state index in [-0.39, 0.29) is 24.5 Å². The molecule has 1 N–H and O–H groups in total. The van der Waals surface area contributed by atoms with Crippen LogP contribution in [-0.2, 0) is 11.3 Å². The summed E-state index contributed by atoms with van der Waals surface area (Å²) in [6, 6.07) is 23.1. The molecule has 0 fully saturated rings. The van der Waals surface area contributed by atoms with Crippen LogP contribution in [0, 0.1) is 0 Å². The van der Waals surface area contributed by atoms with Crippen molar-refractivity contribution in [1.82, 2.24) is 10.2 Å². The summed E-state index contributed by atoms with van der Waals surface area (Å²) in [7, 11) is 0. The van der Waals surface area contributed by atoms with Crippen molar-refractivity contribution in [2.75, 3.05) is 0 Å². The van der Waals surface area contributed by atoms with Gasteiger partial charge in [-0.3, -0.25) is 14.5 Å². The Labute approximate surface area is 179 Å². The van der Waals surface area contributed by atoms with Gasteiger partial charge in [-0.15, -0.1) is 0 Å². The topological polar surface area (TPSA) is 75.7 Å². The van der Waals surface area contributed by atoms with Crippen molar-refractivity contribution in [1.29, 1.82) is 0 Å². The quantitative estimate of drug-likeness (QED) is 0.645. The second-order valence-corrected chi connectivity index (χ2v) is 7.66. The smallest absolute Gasteiger partial charge is 0.407 e. The van der Waals surface area contributed by atoms with Gasteiger partial charge in [0, 0.05) is 0 Å². The Morgan fingerprint density at radius 3 is 2.10 bits per heavy atom. The molecule has 2 aliphatic rings. The molecule has 3 amide bonds. The molecule has 5 rings (SSSR count). The van der Waals surface area contributed by atoms with Gasteiger partial charge in [-0.1, -0.05) is 66.7 Å². The van der Waals surface area contributed by atoms with Crippen LogP contribution < -0.4 is 5.32 Å². The fraction of sp³-hybridized carbons (Fsp3) is 0.160. The molecule has 0 bridgehead atoms. The van der Waals surface area contributed by atoms with E-state index in [1.165, 1.54) is 4.90 Å². The van der Waals surface area contributed by atoms with Crippen molar-refractivity contribution in [3.05, 3.63) is 107 Å². The molecule has 3 aromatic carbocycles.